The minimum Gasteiger partial charge on any atom is -0.480 e. The van der Waals surface area contributed by atoms with Crippen molar-refractivity contribution in [3.63, 3.8) is 0 Å². The Morgan fingerprint density at radius 3 is 2.27 bits per heavy atom. The Hall–Kier alpha value is -4.54. The normalized spacial score (nSPS) is 11.4. The van der Waals surface area contributed by atoms with Crippen molar-refractivity contribution in [3.8, 4) is 28.1 Å². The van der Waals surface area contributed by atoms with E-state index in [1.807, 2.05) is 0 Å². The Morgan fingerprint density at radius 2 is 1.65 bits per heavy atom. The molecule has 0 aliphatic carbocycles. The number of methoxy groups -OCH3 is 1. The molecule has 2 aromatic carbocycles. The summed E-state index contributed by atoms with van der Waals surface area (Å²) < 4.78 is 58.6. The Morgan fingerprint density at radius 1 is 1.00 bits per heavy atom. The van der Waals surface area contributed by atoms with E-state index in [9.17, 15) is 27.2 Å². The molecule has 11 heteroatoms. The number of halogens is 4. The van der Waals surface area contributed by atoms with Gasteiger partial charge in [0.05, 0.1) is 18.2 Å². The number of nitrogens with two attached hydrogens (primary N) is 1. The number of carbonyl (C=O) groups excluding carboxylic acids is 1. The fraction of sp³-hybridized carbons (Fsp3) is 0.154. The number of nitrogen functional groups attached to an aromatic ring is 1. The van der Waals surface area contributed by atoms with E-state index < -0.39 is 35.3 Å². The molecular formula is C26H20F4N4O3. The SMILES string of the molecule is COc1ncnc(N)c1-c1ccc(CC(=O)c2cn(CC(F)(F)F)cc(-c3ccc(F)cc3)c2=O)cc1. The second kappa shape index (κ2) is 10.2. The number of ketones is 1. The van der Waals surface area contributed by atoms with Crippen LogP contribution in [0.4, 0.5) is 23.4 Å². The first-order valence-electron chi connectivity index (χ1n) is 10.9. The fourth-order valence-corrected chi connectivity index (χ4v) is 3.84. The number of hydrogen-bond acceptors (Lipinski definition) is 6. The topological polar surface area (TPSA) is 100 Å². The van der Waals surface area contributed by atoms with Crippen LogP contribution in [0.3, 0.4) is 0 Å². The quantitative estimate of drug-likeness (QED) is 0.285. The van der Waals surface area contributed by atoms with Gasteiger partial charge in [-0.05, 0) is 28.8 Å². The molecule has 0 saturated carbocycles. The highest BCUT2D eigenvalue weighted by Gasteiger charge is 2.29. The van der Waals surface area contributed by atoms with E-state index in [-0.39, 0.29) is 29.2 Å². The number of Topliss-reactive ketones (excluding diaryl/α,β-unsaturated/α-hetero) is 1. The first-order chi connectivity index (χ1) is 17.6. The van der Waals surface area contributed by atoms with E-state index in [1.165, 1.54) is 25.6 Å². The molecule has 2 heterocycles. The van der Waals surface area contributed by atoms with Crippen LogP contribution < -0.4 is 15.9 Å². The highest BCUT2D eigenvalue weighted by atomic mass is 19.4. The number of benzene rings is 2. The summed E-state index contributed by atoms with van der Waals surface area (Å²) in [6.45, 7) is -1.40. The van der Waals surface area contributed by atoms with Crippen LogP contribution in [0.2, 0.25) is 0 Å². The molecule has 37 heavy (non-hydrogen) atoms. The highest BCUT2D eigenvalue weighted by molar-refractivity contribution is 5.98. The van der Waals surface area contributed by atoms with Gasteiger partial charge in [-0.15, -0.1) is 0 Å². The van der Waals surface area contributed by atoms with Crippen molar-refractivity contribution in [3.05, 3.63) is 94.4 Å². The summed E-state index contributed by atoms with van der Waals surface area (Å²) in [5.41, 5.74) is 6.44. The number of hydrogen-bond donors (Lipinski definition) is 1. The molecular weight excluding hydrogens is 492 g/mol. The van der Waals surface area contributed by atoms with Crippen molar-refractivity contribution >= 4 is 11.6 Å². The molecule has 0 aliphatic heterocycles. The molecule has 0 bridgehead atoms. The molecule has 0 aliphatic rings. The van der Waals surface area contributed by atoms with E-state index in [2.05, 4.69) is 9.97 Å². The van der Waals surface area contributed by atoms with Crippen LogP contribution >= 0.6 is 0 Å². The van der Waals surface area contributed by atoms with Gasteiger partial charge >= 0.3 is 6.18 Å². The molecule has 0 spiro atoms. The molecule has 0 fully saturated rings. The Labute approximate surface area is 208 Å². The lowest BCUT2D eigenvalue weighted by Gasteiger charge is -2.14. The number of anilines is 1. The van der Waals surface area contributed by atoms with Crippen molar-refractivity contribution in [1.29, 1.82) is 0 Å². The highest BCUT2D eigenvalue weighted by Crippen LogP contribution is 2.32. The molecule has 0 radical (unpaired) electrons. The van der Waals surface area contributed by atoms with E-state index >= 15 is 0 Å². The van der Waals surface area contributed by atoms with E-state index in [0.29, 0.717) is 16.7 Å². The van der Waals surface area contributed by atoms with E-state index in [4.69, 9.17) is 10.5 Å². The zero-order valence-corrected chi connectivity index (χ0v) is 19.4. The minimum atomic E-state index is -4.59. The third-order valence-corrected chi connectivity index (χ3v) is 5.54. The van der Waals surface area contributed by atoms with Crippen LogP contribution in [0.1, 0.15) is 15.9 Å². The molecule has 2 N–H and O–H groups in total. The van der Waals surface area contributed by atoms with Crippen molar-refractivity contribution in [2.75, 3.05) is 12.8 Å². The number of ether oxygens (including phenoxy) is 1. The number of alkyl halides is 3. The lowest BCUT2D eigenvalue weighted by Crippen LogP contribution is -2.24. The molecule has 4 rings (SSSR count). The van der Waals surface area contributed by atoms with Gasteiger partial charge in [-0.25, -0.2) is 14.4 Å². The van der Waals surface area contributed by atoms with Crippen molar-refractivity contribution in [1.82, 2.24) is 14.5 Å². The number of rotatable bonds is 7. The summed E-state index contributed by atoms with van der Waals surface area (Å²) in [6, 6.07) is 11.3. The van der Waals surface area contributed by atoms with Gasteiger partial charge in [0.25, 0.3) is 0 Å². The van der Waals surface area contributed by atoms with Gasteiger partial charge in [0.1, 0.15) is 24.5 Å². The molecule has 0 saturated heterocycles. The third kappa shape index (κ3) is 5.83. The molecule has 0 unspecified atom stereocenters. The van der Waals surface area contributed by atoms with Crippen LogP contribution in [-0.4, -0.2) is 33.6 Å². The summed E-state index contributed by atoms with van der Waals surface area (Å²) >= 11 is 0. The zero-order chi connectivity index (χ0) is 26.7. The van der Waals surface area contributed by atoms with Crippen molar-refractivity contribution in [2.45, 2.75) is 19.1 Å². The number of pyridine rings is 1. The average Bonchev–Trinajstić information content (AvgIpc) is 2.85. The van der Waals surface area contributed by atoms with Crippen LogP contribution in [0, 0.1) is 5.82 Å². The number of carbonyl (C=O) groups is 1. The first-order valence-corrected chi connectivity index (χ1v) is 10.9. The summed E-state index contributed by atoms with van der Waals surface area (Å²) in [6.07, 6.45) is -1.67. The molecule has 0 atom stereocenters. The minimum absolute atomic E-state index is 0.142. The van der Waals surface area contributed by atoms with Gasteiger partial charge in [-0.1, -0.05) is 36.4 Å². The van der Waals surface area contributed by atoms with Crippen LogP contribution in [0.25, 0.3) is 22.3 Å². The lowest BCUT2D eigenvalue weighted by atomic mass is 9.98. The maximum atomic E-state index is 13.3. The van der Waals surface area contributed by atoms with Gasteiger partial charge in [0, 0.05) is 24.4 Å². The van der Waals surface area contributed by atoms with Crippen molar-refractivity contribution < 1.29 is 27.1 Å². The average molecular weight is 512 g/mol. The van der Waals surface area contributed by atoms with Crippen LogP contribution in [0.5, 0.6) is 5.88 Å². The van der Waals surface area contributed by atoms with Gasteiger partial charge in [-0.3, -0.25) is 9.59 Å². The summed E-state index contributed by atoms with van der Waals surface area (Å²) in [7, 11) is 1.43. The Balaban J connectivity index is 1.68. The van der Waals surface area contributed by atoms with E-state index in [1.54, 1.807) is 24.3 Å². The monoisotopic (exact) mass is 512 g/mol. The Kier molecular flexibility index (Phi) is 7.05. The van der Waals surface area contributed by atoms with Gasteiger partial charge in [0.2, 0.25) is 5.88 Å². The van der Waals surface area contributed by atoms with Crippen molar-refractivity contribution in [2.24, 2.45) is 0 Å². The molecule has 190 valence electrons. The number of aromatic nitrogens is 3. The third-order valence-electron chi connectivity index (χ3n) is 5.54. The lowest BCUT2D eigenvalue weighted by molar-refractivity contribution is -0.140. The smallest absolute Gasteiger partial charge is 0.406 e. The van der Waals surface area contributed by atoms with Gasteiger partial charge in [0.15, 0.2) is 11.2 Å². The van der Waals surface area contributed by atoms with Gasteiger partial charge < -0.3 is 15.0 Å². The summed E-state index contributed by atoms with van der Waals surface area (Å²) in [5.74, 6) is -0.785. The second-order valence-electron chi connectivity index (χ2n) is 8.15. The molecule has 4 aromatic rings. The van der Waals surface area contributed by atoms with Gasteiger partial charge in [-0.2, -0.15) is 13.2 Å². The maximum absolute atomic E-state index is 13.3. The number of nitrogens with zero attached hydrogens (tertiary/aromatic N) is 3. The molecule has 7 nitrogen and oxygen atoms in total. The zero-order valence-electron chi connectivity index (χ0n) is 19.4. The Bertz CT molecular complexity index is 1500. The summed E-state index contributed by atoms with van der Waals surface area (Å²) in [5, 5.41) is 0. The van der Waals surface area contributed by atoms with Crippen LogP contribution in [0.15, 0.2) is 72.0 Å². The van der Waals surface area contributed by atoms with Crippen LogP contribution in [-0.2, 0) is 13.0 Å². The second-order valence-corrected chi connectivity index (χ2v) is 8.15. The fourth-order valence-electron chi connectivity index (χ4n) is 3.84. The predicted molar refractivity (Wildman–Crippen MR) is 129 cm³/mol. The maximum Gasteiger partial charge on any atom is 0.406 e. The molecule has 0 amide bonds. The standard InChI is InChI=1S/C26H20F4N4O3/c1-37-25-22(24(31)32-14-33-25)17-4-2-15(3-5-17)10-21(35)20-12-34(13-26(28,29)30)11-19(23(20)36)16-6-8-18(27)9-7-16/h2-9,11-12,14H,10,13H2,1H3,(H2,31,32,33). The first kappa shape index (κ1) is 25.5. The summed E-state index contributed by atoms with van der Waals surface area (Å²) in [4.78, 5) is 34.2. The predicted octanol–water partition coefficient (Wildman–Crippen LogP) is 4.69. The largest absolute Gasteiger partial charge is 0.480 e. The molecule has 2 aromatic heterocycles. The van der Waals surface area contributed by atoms with E-state index in [0.717, 1.165) is 29.1 Å².